The quantitative estimate of drug-likeness (QED) is 0.592. The molecule has 0 aliphatic carbocycles. The topological polar surface area (TPSA) is 93.4 Å². The molecule has 4 N–H and O–H groups in total. The number of nitrogens with two attached hydrogens (primary N) is 1. The molecule has 0 atom stereocenters. The minimum Gasteiger partial charge on any atom is -0.383 e. The number of anilines is 1. The van der Waals surface area contributed by atoms with E-state index in [-0.39, 0.29) is 10.6 Å². The Morgan fingerprint density at radius 3 is 2.63 bits per heavy atom. The number of nitrogens with one attached hydrogen (secondary N) is 2. The minimum atomic E-state index is -3.87. The molecule has 0 radical (unpaired) electrons. The summed E-state index contributed by atoms with van der Waals surface area (Å²) < 4.78 is 40.5. The largest absolute Gasteiger partial charge is 0.383 e. The van der Waals surface area contributed by atoms with Crippen LogP contribution in [0.1, 0.15) is 0 Å². The second-order valence-corrected chi connectivity index (χ2v) is 5.42. The van der Waals surface area contributed by atoms with E-state index in [1.54, 1.807) is 7.11 Å². The first-order valence-corrected chi connectivity index (χ1v) is 7.25. The molecule has 0 saturated heterocycles. The number of primary sulfonamides is 1. The van der Waals surface area contributed by atoms with E-state index in [0.29, 0.717) is 26.2 Å². The highest BCUT2D eigenvalue weighted by atomic mass is 32.2. The highest BCUT2D eigenvalue weighted by Crippen LogP contribution is 2.17. The lowest BCUT2D eigenvalue weighted by atomic mass is 10.3. The van der Waals surface area contributed by atoms with Crippen molar-refractivity contribution >= 4 is 15.7 Å². The van der Waals surface area contributed by atoms with E-state index in [0.717, 1.165) is 6.07 Å². The molecule has 1 rings (SSSR count). The Morgan fingerprint density at radius 1 is 1.32 bits per heavy atom. The summed E-state index contributed by atoms with van der Waals surface area (Å²) in [6, 6.07) is 3.51. The molecular weight excluding hydrogens is 273 g/mol. The van der Waals surface area contributed by atoms with Gasteiger partial charge < -0.3 is 15.4 Å². The van der Waals surface area contributed by atoms with Gasteiger partial charge >= 0.3 is 0 Å². The van der Waals surface area contributed by atoms with Crippen LogP contribution in [0.3, 0.4) is 0 Å². The third kappa shape index (κ3) is 5.52. The Labute approximate surface area is 112 Å². The monoisotopic (exact) mass is 291 g/mol. The fourth-order valence-electron chi connectivity index (χ4n) is 1.40. The second kappa shape index (κ2) is 7.39. The van der Waals surface area contributed by atoms with E-state index in [1.807, 2.05) is 0 Å². The van der Waals surface area contributed by atoms with Crippen LogP contribution < -0.4 is 15.8 Å². The van der Waals surface area contributed by atoms with E-state index in [1.165, 1.54) is 12.1 Å². The lowest BCUT2D eigenvalue weighted by molar-refractivity contribution is 0.200. The summed E-state index contributed by atoms with van der Waals surface area (Å²) in [6.07, 6.45) is 0. The molecule has 0 aliphatic rings. The number of halogens is 1. The molecule has 0 aromatic heterocycles. The van der Waals surface area contributed by atoms with Crippen LogP contribution in [0.4, 0.5) is 10.1 Å². The standard InChI is InChI=1S/C11H18FN3O3S/c1-18-7-6-14-4-5-15-11-3-2-9(8-10(11)12)19(13,16)17/h2-3,8,14-15H,4-7H2,1H3,(H2,13,16,17). The molecule has 108 valence electrons. The van der Waals surface area contributed by atoms with Gasteiger partial charge in [-0.2, -0.15) is 0 Å². The van der Waals surface area contributed by atoms with E-state index in [4.69, 9.17) is 9.88 Å². The number of hydrogen-bond donors (Lipinski definition) is 3. The fourth-order valence-corrected chi connectivity index (χ4v) is 1.93. The Kier molecular flexibility index (Phi) is 6.16. The van der Waals surface area contributed by atoms with Crippen LogP contribution in [-0.2, 0) is 14.8 Å². The molecular formula is C11H18FN3O3S. The molecule has 0 spiro atoms. The van der Waals surface area contributed by atoms with E-state index < -0.39 is 15.8 Å². The Balaban J connectivity index is 2.47. The molecule has 0 fully saturated rings. The van der Waals surface area contributed by atoms with Gasteiger partial charge in [0.05, 0.1) is 17.2 Å². The van der Waals surface area contributed by atoms with Crippen LogP contribution in [0.25, 0.3) is 0 Å². The van der Waals surface area contributed by atoms with Gasteiger partial charge in [-0.1, -0.05) is 0 Å². The summed E-state index contributed by atoms with van der Waals surface area (Å²) in [5.41, 5.74) is 0.237. The maximum absolute atomic E-state index is 13.6. The first kappa shape index (κ1) is 15.8. The van der Waals surface area contributed by atoms with Gasteiger partial charge in [-0.3, -0.25) is 0 Å². The van der Waals surface area contributed by atoms with Gasteiger partial charge in [0.1, 0.15) is 5.82 Å². The van der Waals surface area contributed by atoms with Crippen molar-refractivity contribution in [2.75, 3.05) is 38.7 Å². The van der Waals surface area contributed by atoms with Crippen molar-refractivity contribution in [3.05, 3.63) is 24.0 Å². The SMILES string of the molecule is COCCNCCNc1ccc(S(N)(=O)=O)cc1F. The van der Waals surface area contributed by atoms with E-state index in [2.05, 4.69) is 10.6 Å². The summed E-state index contributed by atoms with van der Waals surface area (Å²) in [6.45, 7) is 2.47. The fraction of sp³-hybridized carbons (Fsp3) is 0.455. The number of benzene rings is 1. The molecule has 1 aromatic carbocycles. The molecule has 0 unspecified atom stereocenters. The molecule has 19 heavy (non-hydrogen) atoms. The normalized spacial score (nSPS) is 11.5. The Hall–Kier alpha value is -1.22. The third-order valence-electron chi connectivity index (χ3n) is 2.37. The van der Waals surface area contributed by atoms with Crippen LogP contribution in [0, 0.1) is 5.82 Å². The lowest BCUT2D eigenvalue weighted by Gasteiger charge is -2.09. The van der Waals surface area contributed by atoms with Crippen molar-refractivity contribution in [3.63, 3.8) is 0 Å². The summed E-state index contributed by atoms with van der Waals surface area (Å²) in [5, 5.41) is 10.8. The molecule has 6 nitrogen and oxygen atoms in total. The number of hydrogen-bond acceptors (Lipinski definition) is 5. The highest BCUT2D eigenvalue weighted by molar-refractivity contribution is 7.89. The van der Waals surface area contributed by atoms with Gasteiger partial charge in [0.25, 0.3) is 0 Å². The van der Waals surface area contributed by atoms with Crippen molar-refractivity contribution in [3.8, 4) is 0 Å². The van der Waals surface area contributed by atoms with Gasteiger partial charge in [0.15, 0.2) is 0 Å². The molecule has 0 amide bonds. The summed E-state index contributed by atoms with van der Waals surface area (Å²) in [5.74, 6) is -0.650. The van der Waals surface area contributed by atoms with Crippen LogP contribution in [-0.4, -0.2) is 41.8 Å². The zero-order chi connectivity index (χ0) is 14.3. The molecule has 8 heteroatoms. The van der Waals surface area contributed by atoms with Gasteiger partial charge in [-0.05, 0) is 18.2 Å². The maximum Gasteiger partial charge on any atom is 0.238 e. The number of methoxy groups -OCH3 is 1. The van der Waals surface area contributed by atoms with Gasteiger partial charge in [-0.15, -0.1) is 0 Å². The summed E-state index contributed by atoms with van der Waals surface area (Å²) in [4.78, 5) is -0.242. The van der Waals surface area contributed by atoms with Crippen LogP contribution in [0.15, 0.2) is 23.1 Å². The molecule has 0 aliphatic heterocycles. The van der Waals surface area contributed by atoms with Gasteiger partial charge in [0, 0.05) is 26.7 Å². The predicted molar refractivity (Wildman–Crippen MR) is 71.0 cm³/mol. The summed E-state index contributed by atoms with van der Waals surface area (Å²) in [7, 11) is -2.26. The van der Waals surface area contributed by atoms with Crippen LogP contribution >= 0.6 is 0 Å². The van der Waals surface area contributed by atoms with Crippen molar-refractivity contribution < 1.29 is 17.5 Å². The van der Waals surface area contributed by atoms with Crippen LogP contribution in [0.5, 0.6) is 0 Å². The second-order valence-electron chi connectivity index (χ2n) is 3.86. The number of rotatable bonds is 8. The molecule has 0 heterocycles. The number of sulfonamides is 1. The first-order chi connectivity index (χ1) is 8.95. The Bertz CT molecular complexity index is 508. The lowest BCUT2D eigenvalue weighted by Crippen LogP contribution is -2.25. The molecule has 1 aromatic rings. The maximum atomic E-state index is 13.6. The highest BCUT2D eigenvalue weighted by Gasteiger charge is 2.11. The smallest absolute Gasteiger partial charge is 0.238 e. The summed E-state index contributed by atoms with van der Waals surface area (Å²) >= 11 is 0. The van der Waals surface area contributed by atoms with E-state index >= 15 is 0 Å². The minimum absolute atomic E-state index is 0.237. The zero-order valence-corrected chi connectivity index (χ0v) is 11.5. The first-order valence-electron chi connectivity index (χ1n) is 5.71. The van der Waals surface area contributed by atoms with Crippen LogP contribution in [0.2, 0.25) is 0 Å². The molecule has 0 bridgehead atoms. The predicted octanol–water partition coefficient (Wildman–Crippen LogP) is 0.121. The van der Waals surface area contributed by atoms with Gasteiger partial charge in [0.2, 0.25) is 10.0 Å². The average Bonchev–Trinajstić information content (AvgIpc) is 2.34. The van der Waals surface area contributed by atoms with Crippen molar-refractivity contribution in [2.45, 2.75) is 4.90 Å². The average molecular weight is 291 g/mol. The van der Waals surface area contributed by atoms with Crippen molar-refractivity contribution in [1.29, 1.82) is 0 Å². The van der Waals surface area contributed by atoms with Crippen molar-refractivity contribution in [2.24, 2.45) is 5.14 Å². The Morgan fingerprint density at radius 2 is 2.05 bits per heavy atom. The number of ether oxygens (including phenoxy) is 1. The third-order valence-corrected chi connectivity index (χ3v) is 3.28. The zero-order valence-electron chi connectivity index (χ0n) is 10.6. The molecule has 0 saturated carbocycles. The van der Waals surface area contributed by atoms with Crippen molar-refractivity contribution in [1.82, 2.24) is 5.32 Å². The van der Waals surface area contributed by atoms with E-state index in [9.17, 15) is 12.8 Å². The van der Waals surface area contributed by atoms with Gasteiger partial charge in [-0.25, -0.2) is 17.9 Å².